The lowest BCUT2D eigenvalue weighted by molar-refractivity contribution is 0.0947. The molecular formula is C20H21FN4O. The van der Waals surface area contributed by atoms with Crippen LogP contribution in [0.3, 0.4) is 0 Å². The Labute approximate surface area is 151 Å². The summed E-state index contributed by atoms with van der Waals surface area (Å²) in [6, 6.07) is 14.9. The lowest BCUT2D eigenvalue weighted by atomic mass is 10.1. The van der Waals surface area contributed by atoms with Crippen molar-refractivity contribution in [1.29, 1.82) is 0 Å². The quantitative estimate of drug-likeness (QED) is 0.692. The Kier molecular flexibility index (Phi) is 5.41. The number of rotatable bonds is 6. The minimum atomic E-state index is -0.315. The predicted octanol–water partition coefficient (Wildman–Crippen LogP) is 3.39. The van der Waals surface area contributed by atoms with Gasteiger partial charge in [-0.3, -0.25) is 4.79 Å². The summed E-state index contributed by atoms with van der Waals surface area (Å²) in [5.41, 5.74) is 3.17. The van der Waals surface area contributed by atoms with Crippen molar-refractivity contribution in [1.82, 2.24) is 20.3 Å². The molecule has 0 saturated heterocycles. The normalized spacial score (nSPS) is 10.7. The molecule has 0 atom stereocenters. The van der Waals surface area contributed by atoms with E-state index in [1.807, 2.05) is 18.2 Å². The van der Waals surface area contributed by atoms with E-state index in [0.717, 1.165) is 12.8 Å². The van der Waals surface area contributed by atoms with Crippen molar-refractivity contribution in [3.05, 3.63) is 76.9 Å². The summed E-state index contributed by atoms with van der Waals surface area (Å²) in [6.07, 6.45) is 1.74. The number of nitrogens with zero attached hydrogens (tertiary/aromatic N) is 3. The Morgan fingerprint density at radius 3 is 2.65 bits per heavy atom. The number of hydrogen-bond acceptors (Lipinski definition) is 3. The van der Waals surface area contributed by atoms with E-state index in [4.69, 9.17) is 0 Å². The molecule has 0 bridgehead atoms. The van der Waals surface area contributed by atoms with Gasteiger partial charge >= 0.3 is 0 Å². The largest absolute Gasteiger partial charge is 0.351 e. The zero-order valence-electron chi connectivity index (χ0n) is 14.9. The highest BCUT2D eigenvalue weighted by Gasteiger charge is 2.17. The molecule has 1 heterocycles. The third-order valence-electron chi connectivity index (χ3n) is 4.28. The number of halogens is 1. The molecule has 0 aliphatic carbocycles. The SMILES string of the molecule is Cc1ccc(-n2nnc(C(=O)NCCCc3ccccc3)c2C)cc1F. The summed E-state index contributed by atoms with van der Waals surface area (Å²) in [7, 11) is 0. The third kappa shape index (κ3) is 3.96. The molecule has 3 rings (SSSR count). The van der Waals surface area contributed by atoms with Crippen LogP contribution in [-0.4, -0.2) is 27.4 Å². The summed E-state index contributed by atoms with van der Waals surface area (Å²) in [4.78, 5) is 12.3. The Hall–Kier alpha value is -3.02. The molecule has 3 aromatic rings. The number of aryl methyl sites for hydroxylation is 2. The van der Waals surface area contributed by atoms with Crippen LogP contribution in [0.4, 0.5) is 4.39 Å². The Balaban J connectivity index is 1.61. The molecule has 0 fully saturated rings. The maximum atomic E-state index is 13.8. The first-order chi connectivity index (χ1) is 12.6. The van der Waals surface area contributed by atoms with Crippen molar-refractivity contribution in [2.45, 2.75) is 26.7 Å². The molecule has 0 radical (unpaired) electrons. The average molecular weight is 352 g/mol. The Morgan fingerprint density at radius 2 is 1.92 bits per heavy atom. The highest BCUT2D eigenvalue weighted by Crippen LogP contribution is 2.15. The van der Waals surface area contributed by atoms with Crippen LogP contribution in [-0.2, 0) is 6.42 Å². The van der Waals surface area contributed by atoms with Gasteiger partial charge in [-0.05, 0) is 49.9 Å². The predicted molar refractivity (Wildman–Crippen MR) is 97.9 cm³/mol. The minimum Gasteiger partial charge on any atom is -0.351 e. The van der Waals surface area contributed by atoms with Crippen molar-refractivity contribution in [2.24, 2.45) is 0 Å². The van der Waals surface area contributed by atoms with E-state index < -0.39 is 0 Å². The van der Waals surface area contributed by atoms with E-state index in [1.54, 1.807) is 26.0 Å². The molecule has 1 N–H and O–H groups in total. The van der Waals surface area contributed by atoms with E-state index in [1.165, 1.54) is 16.3 Å². The van der Waals surface area contributed by atoms with Crippen molar-refractivity contribution in [3.63, 3.8) is 0 Å². The molecule has 1 aromatic heterocycles. The van der Waals surface area contributed by atoms with E-state index in [0.29, 0.717) is 23.5 Å². The lowest BCUT2D eigenvalue weighted by Gasteiger charge is -2.06. The fraction of sp³-hybridized carbons (Fsp3) is 0.250. The van der Waals surface area contributed by atoms with Crippen molar-refractivity contribution < 1.29 is 9.18 Å². The summed E-state index contributed by atoms with van der Waals surface area (Å²) >= 11 is 0. The summed E-state index contributed by atoms with van der Waals surface area (Å²) in [5, 5.41) is 10.8. The van der Waals surface area contributed by atoms with Gasteiger partial charge in [-0.15, -0.1) is 5.10 Å². The van der Waals surface area contributed by atoms with E-state index in [2.05, 4.69) is 27.8 Å². The van der Waals surface area contributed by atoms with E-state index >= 15 is 0 Å². The van der Waals surface area contributed by atoms with Gasteiger partial charge in [-0.2, -0.15) is 0 Å². The van der Waals surface area contributed by atoms with Gasteiger partial charge < -0.3 is 5.32 Å². The summed E-state index contributed by atoms with van der Waals surface area (Å²) in [5.74, 6) is -0.585. The first kappa shape index (κ1) is 17.8. The van der Waals surface area contributed by atoms with Crippen molar-refractivity contribution in [2.75, 3.05) is 6.54 Å². The molecule has 0 aliphatic rings. The lowest BCUT2D eigenvalue weighted by Crippen LogP contribution is -2.26. The van der Waals surface area contributed by atoms with Gasteiger partial charge in [0, 0.05) is 6.54 Å². The maximum Gasteiger partial charge on any atom is 0.273 e. The highest BCUT2D eigenvalue weighted by atomic mass is 19.1. The molecule has 0 saturated carbocycles. The molecule has 0 aliphatic heterocycles. The van der Waals surface area contributed by atoms with Crippen molar-refractivity contribution in [3.8, 4) is 5.69 Å². The molecule has 1 amide bonds. The standard InChI is InChI=1S/C20H21FN4O/c1-14-10-11-17(13-18(14)21)25-15(2)19(23-24-25)20(26)22-12-6-9-16-7-4-3-5-8-16/h3-5,7-8,10-11,13H,6,9,12H2,1-2H3,(H,22,26). The van der Waals surface area contributed by atoms with E-state index in [9.17, 15) is 9.18 Å². The topological polar surface area (TPSA) is 59.8 Å². The fourth-order valence-electron chi connectivity index (χ4n) is 2.72. The second-order valence-electron chi connectivity index (χ2n) is 6.21. The number of carbonyl (C=O) groups is 1. The summed E-state index contributed by atoms with van der Waals surface area (Å²) < 4.78 is 15.2. The number of carbonyl (C=O) groups excluding carboxylic acids is 1. The van der Waals surface area contributed by atoms with E-state index in [-0.39, 0.29) is 17.4 Å². The van der Waals surface area contributed by atoms with Crippen LogP contribution >= 0.6 is 0 Å². The van der Waals surface area contributed by atoms with Crippen LogP contribution in [0.2, 0.25) is 0 Å². The van der Waals surface area contributed by atoms with Gasteiger partial charge in [0.15, 0.2) is 5.69 Å². The van der Waals surface area contributed by atoms with Crippen LogP contribution in [0, 0.1) is 19.7 Å². The molecule has 5 nitrogen and oxygen atoms in total. The first-order valence-corrected chi connectivity index (χ1v) is 8.57. The smallest absolute Gasteiger partial charge is 0.273 e. The molecule has 0 spiro atoms. The van der Waals surface area contributed by atoms with Gasteiger partial charge in [0.05, 0.1) is 11.4 Å². The first-order valence-electron chi connectivity index (χ1n) is 8.57. The van der Waals surface area contributed by atoms with Gasteiger partial charge in [0.1, 0.15) is 5.82 Å². The van der Waals surface area contributed by atoms with Gasteiger partial charge in [-0.25, -0.2) is 9.07 Å². The molecule has 26 heavy (non-hydrogen) atoms. The highest BCUT2D eigenvalue weighted by molar-refractivity contribution is 5.93. The molecule has 0 unspecified atom stereocenters. The molecule has 6 heteroatoms. The number of hydrogen-bond donors (Lipinski definition) is 1. The zero-order valence-corrected chi connectivity index (χ0v) is 14.9. The molecular weight excluding hydrogens is 331 g/mol. The number of benzene rings is 2. The number of nitrogens with one attached hydrogen (secondary N) is 1. The Morgan fingerprint density at radius 1 is 1.15 bits per heavy atom. The fourth-order valence-corrected chi connectivity index (χ4v) is 2.72. The second-order valence-corrected chi connectivity index (χ2v) is 6.21. The van der Waals surface area contributed by atoms with Gasteiger partial charge in [0.2, 0.25) is 0 Å². The molecule has 2 aromatic carbocycles. The number of amides is 1. The average Bonchev–Trinajstić information content (AvgIpc) is 3.03. The third-order valence-corrected chi connectivity index (χ3v) is 4.28. The Bertz CT molecular complexity index is 905. The molecule has 134 valence electrons. The van der Waals surface area contributed by atoms with Gasteiger partial charge in [0.25, 0.3) is 5.91 Å². The second kappa shape index (κ2) is 7.91. The monoisotopic (exact) mass is 352 g/mol. The van der Waals surface area contributed by atoms with Crippen molar-refractivity contribution >= 4 is 5.91 Å². The minimum absolute atomic E-state index is 0.255. The summed E-state index contributed by atoms with van der Waals surface area (Å²) in [6.45, 7) is 4.00. The van der Waals surface area contributed by atoms with Gasteiger partial charge in [-0.1, -0.05) is 41.6 Å². The zero-order chi connectivity index (χ0) is 18.5. The van der Waals surface area contributed by atoms with Crippen LogP contribution in [0.15, 0.2) is 48.5 Å². The van der Waals surface area contributed by atoms with Crippen LogP contribution in [0.1, 0.15) is 33.7 Å². The van der Waals surface area contributed by atoms with Crippen LogP contribution in [0.25, 0.3) is 5.69 Å². The van der Waals surface area contributed by atoms with Crippen LogP contribution in [0.5, 0.6) is 0 Å². The van der Waals surface area contributed by atoms with Crippen LogP contribution < -0.4 is 5.32 Å². The maximum absolute atomic E-state index is 13.8. The number of aromatic nitrogens is 3.